The molecule has 0 aliphatic heterocycles. The molecule has 1 aromatic rings. The Hall–Kier alpha value is -0.380. The summed E-state index contributed by atoms with van der Waals surface area (Å²) in [7, 11) is 2.14. The van der Waals surface area contributed by atoms with Crippen LogP contribution in [0.15, 0.2) is 28.7 Å². The lowest BCUT2D eigenvalue weighted by Gasteiger charge is -2.27. The Morgan fingerprint density at radius 2 is 1.94 bits per heavy atom. The van der Waals surface area contributed by atoms with E-state index in [0.29, 0.717) is 6.04 Å². The number of hydrogen-bond donors (Lipinski definition) is 1. The summed E-state index contributed by atoms with van der Waals surface area (Å²) in [5.41, 5.74) is 0.988. The van der Waals surface area contributed by atoms with Crippen molar-refractivity contribution in [2.75, 3.05) is 13.6 Å². The fourth-order valence-corrected chi connectivity index (χ4v) is 2.72. The lowest BCUT2D eigenvalue weighted by Crippen LogP contribution is -2.32. The Morgan fingerprint density at radius 3 is 2.50 bits per heavy atom. The van der Waals surface area contributed by atoms with Gasteiger partial charge in [-0.3, -0.25) is 0 Å². The predicted molar refractivity (Wildman–Crippen MR) is 80.7 cm³/mol. The van der Waals surface area contributed by atoms with E-state index in [1.165, 1.54) is 12.8 Å². The standard InChI is InChI=1S/C15H24BrNO/c1-4-14(5-2)17(3)10-9-15(18)12-7-6-8-13(16)11-12/h6-8,11,14-15,18H,4-5,9-10H2,1-3H3. The van der Waals surface area contributed by atoms with E-state index in [1.54, 1.807) is 0 Å². The van der Waals surface area contributed by atoms with Crippen molar-refractivity contribution in [1.29, 1.82) is 0 Å². The van der Waals surface area contributed by atoms with Crippen LogP contribution < -0.4 is 0 Å². The fourth-order valence-electron chi connectivity index (χ4n) is 2.30. The van der Waals surface area contributed by atoms with Gasteiger partial charge in [0.2, 0.25) is 0 Å². The number of nitrogens with zero attached hydrogens (tertiary/aromatic N) is 1. The minimum Gasteiger partial charge on any atom is -0.388 e. The Morgan fingerprint density at radius 1 is 1.28 bits per heavy atom. The monoisotopic (exact) mass is 313 g/mol. The molecule has 1 N–H and O–H groups in total. The van der Waals surface area contributed by atoms with Gasteiger partial charge in [-0.2, -0.15) is 0 Å². The first kappa shape index (κ1) is 15.7. The zero-order valence-electron chi connectivity index (χ0n) is 11.6. The number of halogens is 1. The maximum Gasteiger partial charge on any atom is 0.0802 e. The van der Waals surface area contributed by atoms with E-state index in [1.807, 2.05) is 24.3 Å². The molecule has 0 amide bonds. The first-order valence-electron chi connectivity index (χ1n) is 6.72. The molecule has 0 aliphatic rings. The topological polar surface area (TPSA) is 23.5 Å². The highest BCUT2D eigenvalue weighted by atomic mass is 79.9. The van der Waals surface area contributed by atoms with Crippen LogP contribution in [0.1, 0.15) is 44.8 Å². The highest BCUT2D eigenvalue weighted by Crippen LogP contribution is 2.21. The van der Waals surface area contributed by atoms with Crippen molar-refractivity contribution in [3.05, 3.63) is 34.3 Å². The normalized spacial score (nSPS) is 13.3. The van der Waals surface area contributed by atoms with E-state index in [2.05, 4.69) is 41.7 Å². The molecule has 1 atom stereocenters. The predicted octanol–water partition coefficient (Wildman–Crippen LogP) is 3.99. The minimum atomic E-state index is -0.376. The van der Waals surface area contributed by atoms with Crippen LogP contribution in [0.5, 0.6) is 0 Å². The highest BCUT2D eigenvalue weighted by molar-refractivity contribution is 9.10. The van der Waals surface area contributed by atoms with Crippen molar-refractivity contribution in [3.63, 3.8) is 0 Å². The largest absolute Gasteiger partial charge is 0.388 e. The summed E-state index contributed by atoms with van der Waals surface area (Å²) in [6.45, 7) is 5.37. The Bertz CT molecular complexity index is 352. The highest BCUT2D eigenvalue weighted by Gasteiger charge is 2.13. The van der Waals surface area contributed by atoms with Gasteiger partial charge in [-0.1, -0.05) is 41.9 Å². The molecule has 0 aliphatic carbocycles. The SMILES string of the molecule is CCC(CC)N(C)CCC(O)c1cccc(Br)c1. The zero-order valence-corrected chi connectivity index (χ0v) is 13.2. The Kier molecular flexibility index (Phi) is 6.90. The van der Waals surface area contributed by atoms with Gasteiger partial charge in [0.1, 0.15) is 0 Å². The Labute approximate surface area is 119 Å². The zero-order chi connectivity index (χ0) is 13.5. The number of hydrogen-bond acceptors (Lipinski definition) is 2. The van der Waals surface area contributed by atoms with Crippen LogP contribution in [0.25, 0.3) is 0 Å². The van der Waals surface area contributed by atoms with Gasteiger partial charge in [0.25, 0.3) is 0 Å². The molecule has 0 bridgehead atoms. The van der Waals surface area contributed by atoms with Crippen molar-refractivity contribution in [2.24, 2.45) is 0 Å². The molecule has 1 aromatic carbocycles. The quantitative estimate of drug-likeness (QED) is 0.822. The van der Waals surface area contributed by atoms with Crippen LogP contribution in [-0.2, 0) is 0 Å². The number of rotatable bonds is 7. The summed E-state index contributed by atoms with van der Waals surface area (Å²) in [4.78, 5) is 2.35. The lowest BCUT2D eigenvalue weighted by molar-refractivity contribution is 0.134. The summed E-state index contributed by atoms with van der Waals surface area (Å²) in [6, 6.07) is 8.54. The van der Waals surface area contributed by atoms with Gasteiger partial charge in [0.05, 0.1) is 6.10 Å². The number of aliphatic hydroxyl groups excluding tert-OH is 1. The minimum absolute atomic E-state index is 0.376. The maximum absolute atomic E-state index is 10.2. The third-order valence-corrected chi connectivity index (χ3v) is 4.05. The summed E-state index contributed by atoms with van der Waals surface area (Å²) < 4.78 is 1.02. The van der Waals surface area contributed by atoms with Crippen LogP contribution >= 0.6 is 15.9 Å². The van der Waals surface area contributed by atoms with Crippen LogP contribution in [0.2, 0.25) is 0 Å². The molecule has 0 saturated heterocycles. The summed E-state index contributed by atoms with van der Waals surface area (Å²) in [5.74, 6) is 0. The average molecular weight is 314 g/mol. The van der Waals surface area contributed by atoms with Gasteiger partial charge in [-0.05, 0) is 44.0 Å². The first-order chi connectivity index (χ1) is 8.58. The van der Waals surface area contributed by atoms with E-state index in [0.717, 1.165) is 23.0 Å². The molecule has 2 nitrogen and oxygen atoms in total. The van der Waals surface area contributed by atoms with E-state index in [-0.39, 0.29) is 6.10 Å². The summed E-state index contributed by atoms with van der Waals surface area (Å²) in [6.07, 6.45) is 2.74. The van der Waals surface area contributed by atoms with Gasteiger partial charge in [0.15, 0.2) is 0 Å². The summed E-state index contributed by atoms with van der Waals surface area (Å²) >= 11 is 3.43. The van der Waals surface area contributed by atoms with Crippen LogP contribution in [0, 0.1) is 0 Å². The van der Waals surface area contributed by atoms with Crippen molar-refractivity contribution in [1.82, 2.24) is 4.90 Å². The second-order valence-electron chi connectivity index (χ2n) is 4.81. The number of benzene rings is 1. The second-order valence-corrected chi connectivity index (χ2v) is 5.73. The maximum atomic E-state index is 10.2. The van der Waals surface area contributed by atoms with Gasteiger partial charge in [-0.15, -0.1) is 0 Å². The molecule has 0 aromatic heterocycles. The van der Waals surface area contributed by atoms with E-state index >= 15 is 0 Å². The first-order valence-corrected chi connectivity index (χ1v) is 7.51. The Balaban J connectivity index is 2.48. The molecule has 0 saturated carbocycles. The van der Waals surface area contributed by atoms with Gasteiger partial charge >= 0.3 is 0 Å². The molecule has 0 radical (unpaired) electrons. The molecule has 102 valence electrons. The third-order valence-electron chi connectivity index (χ3n) is 3.55. The molecule has 0 spiro atoms. The molecule has 1 rings (SSSR count). The van der Waals surface area contributed by atoms with Crippen LogP contribution in [0.3, 0.4) is 0 Å². The molecule has 18 heavy (non-hydrogen) atoms. The van der Waals surface area contributed by atoms with Crippen LogP contribution in [-0.4, -0.2) is 29.6 Å². The molecular formula is C15H24BrNO. The van der Waals surface area contributed by atoms with Crippen molar-refractivity contribution < 1.29 is 5.11 Å². The lowest BCUT2D eigenvalue weighted by atomic mass is 10.1. The van der Waals surface area contributed by atoms with Crippen molar-refractivity contribution in [3.8, 4) is 0 Å². The van der Waals surface area contributed by atoms with Gasteiger partial charge < -0.3 is 10.0 Å². The van der Waals surface area contributed by atoms with E-state index in [9.17, 15) is 5.11 Å². The summed E-state index contributed by atoms with van der Waals surface area (Å²) in [5, 5.41) is 10.2. The van der Waals surface area contributed by atoms with Crippen molar-refractivity contribution in [2.45, 2.75) is 45.3 Å². The molecule has 3 heteroatoms. The molecular weight excluding hydrogens is 290 g/mol. The third kappa shape index (κ3) is 4.71. The van der Waals surface area contributed by atoms with Gasteiger partial charge in [-0.25, -0.2) is 0 Å². The van der Waals surface area contributed by atoms with Crippen LogP contribution in [0.4, 0.5) is 0 Å². The smallest absolute Gasteiger partial charge is 0.0802 e. The van der Waals surface area contributed by atoms with E-state index in [4.69, 9.17) is 0 Å². The fraction of sp³-hybridized carbons (Fsp3) is 0.600. The molecule has 0 heterocycles. The second kappa shape index (κ2) is 7.93. The van der Waals surface area contributed by atoms with Crippen molar-refractivity contribution >= 4 is 15.9 Å². The molecule has 1 unspecified atom stereocenters. The molecule has 0 fully saturated rings. The van der Waals surface area contributed by atoms with E-state index < -0.39 is 0 Å². The van der Waals surface area contributed by atoms with Gasteiger partial charge in [0, 0.05) is 17.1 Å². The average Bonchev–Trinajstić information content (AvgIpc) is 2.37. The number of aliphatic hydroxyl groups is 1.